The first kappa shape index (κ1) is 20.0. The second-order valence-electron chi connectivity index (χ2n) is 5.96. The minimum absolute atomic E-state index is 0.0960. The average Bonchev–Trinajstić information content (AvgIpc) is 2.51. The van der Waals surface area contributed by atoms with Crippen LogP contribution in [0, 0.1) is 6.92 Å². The van der Waals surface area contributed by atoms with Crippen molar-refractivity contribution >= 4 is 23.2 Å². The number of nitrogens with zero attached hydrogens (tertiary/aromatic N) is 1. The van der Waals surface area contributed by atoms with Crippen LogP contribution in [0.3, 0.4) is 0 Å². The Balaban J connectivity index is 2.71. The van der Waals surface area contributed by atoms with Crippen molar-refractivity contribution in [1.29, 1.82) is 0 Å². The molecule has 0 radical (unpaired) electrons. The second-order valence-corrected chi connectivity index (χ2v) is 6.80. The molecule has 0 bridgehead atoms. The van der Waals surface area contributed by atoms with E-state index >= 15 is 0 Å². The van der Waals surface area contributed by atoms with Gasteiger partial charge in [0.1, 0.15) is 0 Å². The Morgan fingerprint density at radius 3 is 2.36 bits per heavy atom. The fraction of sp³-hybridized carbons (Fsp3) is 0.389. The number of aliphatic hydroxyl groups is 1. The van der Waals surface area contributed by atoms with E-state index in [0.29, 0.717) is 17.1 Å². The lowest BCUT2D eigenvalue weighted by Crippen LogP contribution is -2.47. The van der Waals surface area contributed by atoms with Gasteiger partial charge in [0.25, 0.3) is 0 Å². The van der Waals surface area contributed by atoms with Crippen LogP contribution >= 0.6 is 23.2 Å². The zero-order valence-corrected chi connectivity index (χ0v) is 15.3. The lowest BCUT2D eigenvalue weighted by molar-refractivity contribution is -0.276. The molecule has 0 aliphatic rings. The monoisotopic (exact) mass is 391 g/mol. The molecule has 0 aliphatic carbocycles. The predicted molar refractivity (Wildman–Crippen MR) is 93.0 cm³/mol. The van der Waals surface area contributed by atoms with Crippen LogP contribution in [0.5, 0.6) is 0 Å². The van der Waals surface area contributed by atoms with Gasteiger partial charge in [-0.3, -0.25) is 4.98 Å². The standard InChI is InChI=1S/C18H18Cl2F3NO/c1-3-4-15(14-6-5-13(19)10-16(14)20)17(25,18(21,22)23)12-7-8-24-11(2)9-12/h5-10,15,25H,3-4H2,1-2H3. The third-order valence-electron chi connectivity index (χ3n) is 4.19. The molecule has 2 atom stereocenters. The van der Waals surface area contributed by atoms with Gasteiger partial charge < -0.3 is 5.11 Å². The molecule has 7 heteroatoms. The molecule has 2 nitrogen and oxygen atoms in total. The summed E-state index contributed by atoms with van der Waals surface area (Å²) < 4.78 is 42.2. The van der Waals surface area contributed by atoms with Gasteiger partial charge in [0.15, 0.2) is 5.60 Å². The van der Waals surface area contributed by atoms with Gasteiger partial charge >= 0.3 is 6.18 Å². The number of alkyl halides is 3. The highest BCUT2D eigenvalue weighted by Gasteiger charge is 2.60. The van der Waals surface area contributed by atoms with Crippen LogP contribution in [0.1, 0.15) is 42.5 Å². The summed E-state index contributed by atoms with van der Waals surface area (Å²) in [6.45, 7) is 3.33. The zero-order valence-electron chi connectivity index (χ0n) is 13.7. The SMILES string of the molecule is CCCC(c1ccc(Cl)cc1Cl)C(O)(c1ccnc(C)c1)C(F)(F)F. The summed E-state index contributed by atoms with van der Waals surface area (Å²) in [7, 11) is 0. The van der Waals surface area contributed by atoms with Crippen molar-refractivity contribution in [1.82, 2.24) is 4.98 Å². The largest absolute Gasteiger partial charge is 0.422 e. The topological polar surface area (TPSA) is 33.1 Å². The Morgan fingerprint density at radius 1 is 1.16 bits per heavy atom. The molecule has 0 fully saturated rings. The van der Waals surface area contributed by atoms with Crippen molar-refractivity contribution in [3.8, 4) is 0 Å². The summed E-state index contributed by atoms with van der Waals surface area (Å²) in [5.74, 6) is -1.27. The quantitative estimate of drug-likeness (QED) is 0.674. The fourth-order valence-corrected chi connectivity index (χ4v) is 3.55. The van der Waals surface area contributed by atoms with Crippen LogP contribution in [0.15, 0.2) is 36.5 Å². The maximum atomic E-state index is 14.1. The molecule has 0 amide bonds. The number of halogens is 5. The highest BCUT2D eigenvalue weighted by atomic mass is 35.5. The Hall–Kier alpha value is -1.30. The van der Waals surface area contributed by atoms with Gasteiger partial charge in [-0.15, -0.1) is 0 Å². The van der Waals surface area contributed by atoms with E-state index in [4.69, 9.17) is 23.2 Å². The summed E-state index contributed by atoms with van der Waals surface area (Å²) >= 11 is 12.0. The highest BCUT2D eigenvalue weighted by Crippen LogP contribution is 2.51. The molecule has 0 spiro atoms. The van der Waals surface area contributed by atoms with Crippen LogP contribution in [0.4, 0.5) is 13.2 Å². The molecule has 2 rings (SSSR count). The lowest BCUT2D eigenvalue weighted by Gasteiger charge is -2.39. The van der Waals surface area contributed by atoms with Gasteiger partial charge in [0, 0.05) is 27.9 Å². The average molecular weight is 392 g/mol. The Bertz CT molecular complexity index is 751. The molecule has 0 saturated carbocycles. The Labute approximate surface area is 154 Å². The zero-order chi connectivity index (χ0) is 18.8. The summed E-state index contributed by atoms with van der Waals surface area (Å²) in [4.78, 5) is 3.92. The van der Waals surface area contributed by atoms with Crippen LogP contribution in [-0.2, 0) is 5.60 Å². The van der Waals surface area contributed by atoms with Gasteiger partial charge in [-0.2, -0.15) is 13.2 Å². The molecule has 0 aliphatic heterocycles. The minimum atomic E-state index is -4.90. The predicted octanol–water partition coefficient (Wildman–Crippen LogP) is 6.03. The minimum Gasteiger partial charge on any atom is -0.376 e. The molecule has 0 saturated heterocycles. The number of pyridine rings is 1. The molecule has 1 aromatic heterocycles. The first-order chi connectivity index (χ1) is 11.6. The molecule has 2 aromatic rings. The molecular formula is C18H18Cl2F3NO. The maximum absolute atomic E-state index is 14.1. The third-order valence-corrected chi connectivity index (χ3v) is 4.75. The molecule has 1 N–H and O–H groups in total. The van der Waals surface area contributed by atoms with Crippen LogP contribution < -0.4 is 0 Å². The smallest absolute Gasteiger partial charge is 0.376 e. The Morgan fingerprint density at radius 2 is 1.84 bits per heavy atom. The normalized spacial score (nSPS) is 15.7. The number of rotatable bonds is 5. The maximum Gasteiger partial charge on any atom is 0.422 e. The van der Waals surface area contributed by atoms with Crippen molar-refractivity contribution in [3.05, 3.63) is 63.4 Å². The number of aryl methyl sites for hydroxylation is 1. The van der Waals surface area contributed by atoms with E-state index in [0.717, 1.165) is 0 Å². The number of hydrogen-bond acceptors (Lipinski definition) is 2. The van der Waals surface area contributed by atoms with Gasteiger partial charge in [-0.05, 0) is 48.7 Å². The van der Waals surface area contributed by atoms with E-state index in [9.17, 15) is 18.3 Å². The summed E-state index contributed by atoms with van der Waals surface area (Å²) in [6, 6.07) is 6.73. The van der Waals surface area contributed by atoms with Gasteiger partial charge in [0.05, 0.1) is 0 Å². The van der Waals surface area contributed by atoms with E-state index in [2.05, 4.69) is 4.98 Å². The molecule has 136 valence electrons. The number of aromatic nitrogens is 1. The van der Waals surface area contributed by atoms with Crippen LogP contribution in [0.25, 0.3) is 0 Å². The summed E-state index contributed by atoms with van der Waals surface area (Å²) in [5.41, 5.74) is -2.74. The molecular weight excluding hydrogens is 374 g/mol. The molecule has 1 heterocycles. The number of benzene rings is 1. The molecule has 25 heavy (non-hydrogen) atoms. The fourth-order valence-electron chi connectivity index (χ4n) is 3.01. The van der Waals surface area contributed by atoms with Crippen LogP contribution in [0.2, 0.25) is 10.0 Å². The van der Waals surface area contributed by atoms with Crippen LogP contribution in [-0.4, -0.2) is 16.3 Å². The van der Waals surface area contributed by atoms with Crippen molar-refractivity contribution in [3.63, 3.8) is 0 Å². The van der Waals surface area contributed by atoms with Crippen molar-refractivity contribution in [2.45, 2.75) is 44.4 Å². The van der Waals surface area contributed by atoms with Gasteiger partial charge in [0.2, 0.25) is 0 Å². The van der Waals surface area contributed by atoms with E-state index in [1.807, 2.05) is 0 Å². The van der Waals surface area contributed by atoms with Gasteiger partial charge in [-0.25, -0.2) is 0 Å². The summed E-state index contributed by atoms with van der Waals surface area (Å²) in [6.07, 6.45) is -3.11. The molecule has 1 aromatic carbocycles. The van der Waals surface area contributed by atoms with Gasteiger partial charge in [-0.1, -0.05) is 42.6 Å². The lowest BCUT2D eigenvalue weighted by atomic mass is 9.74. The molecule has 2 unspecified atom stereocenters. The second kappa shape index (κ2) is 7.52. The highest BCUT2D eigenvalue weighted by molar-refractivity contribution is 6.35. The van der Waals surface area contributed by atoms with E-state index in [1.54, 1.807) is 13.8 Å². The van der Waals surface area contributed by atoms with Crippen molar-refractivity contribution < 1.29 is 18.3 Å². The van der Waals surface area contributed by atoms with Crippen molar-refractivity contribution in [2.24, 2.45) is 0 Å². The first-order valence-corrected chi connectivity index (χ1v) is 8.54. The third kappa shape index (κ3) is 3.94. The number of hydrogen-bond donors (Lipinski definition) is 1. The first-order valence-electron chi connectivity index (χ1n) is 7.78. The van der Waals surface area contributed by atoms with Crippen molar-refractivity contribution in [2.75, 3.05) is 0 Å². The summed E-state index contributed by atoms with van der Waals surface area (Å²) in [5, 5.41) is 11.4. The van der Waals surface area contributed by atoms with E-state index in [1.165, 1.54) is 36.5 Å². The van der Waals surface area contributed by atoms with E-state index in [-0.39, 0.29) is 22.6 Å². The Kier molecular flexibility index (Phi) is 6.02. The van der Waals surface area contributed by atoms with E-state index < -0.39 is 17.7 Å².